The number of carbonyl (C=O) groups is 3. The molecule has 7 heteroatoms. The zero-order chi connectivity index (χ0) is 21.5. The van der Waals surface area contributed by atoms with Gasteiger partial charge in [-0.3, -0.25) is 14.4 Å². The second-order valence-electron chi connectivity index (χ2n) is 7.19. The summed E-state index contributed by atoms with van der Waals surface area (Å²) in [6, 6.07) is 13.8. The molecule has 0 aromatic heterocycles. The van der Waals surface area contributed by atoms with E-state index in [0.29, 0.717) is 67.3 Å². The Labute approximate surface area is 181 Å². The molecule has 0 unspecified atom stereocenters. The molecule has 0 N–H and O–H groups in total. The predicted molar refractivity (Wildman–Crippen MR) is 115 cm³/mol. The van der Waals surface area contributed by atoms with Gasteiger partial charge < -0.3 is 14.5 Å². The normalized spacial score (nSPS) is 13.8. The number of piperazine rings is 1. The number of benzene rings is 2. The lowest BCUT2D eigenvalue weighted by atomic mass is 10.0. The van der Waals surface area contributed by atoms with Gasteiger partial charge in [0.05, 0.1) is 7.11 Å². The number of hydrogen-bond acceptors (Lipinski definition) is 4. The minimum Gasteiger partial charge on any atom is -0.497 e. The topological polar surface area (TPSA) is 66.9 Å². The van der Waals surface area contributed by atoms with E-state index in [9.17, 15) is 14.4 Å². The molecule has 0 aliphatic carbocycles. The van der Waals surface area contributed by atoms with Crippen molar-refractivity contribution in [1.82, 2.24) is 9.80 Å². The van der Waals surface area contributed by atoms with Gasteiger partial charge in [-0.15, -0.1) is 0 Å². The van der Waals surface area contributed by atoms with Gasteiger partial charge in [0.25, 0.3) is 5.91 Å². The Morgan fingerprint density at radius 2 is 1.40 bits per heavy atom. The molecule has 1 aliphatic rings. The highest BCUT2D eigenvalue weighted by molar-refractivity contribution is 6.30. The molecule has 6 nitrogen and oxygen atoms in total. The molecule has 3 rings (SSSR count). The lowest BCUT2D eigenvalue weighted by molar-refractivity contribution is -0.132. The summed E-state index contributed by atoms with van der Waals surface area (Å²) in [5, 5.41) is 0.590. The number of methoxy groups -OCH3 is 1. The van der Waals surface area contributed by atoms with Crippen molar-refractivity contribution in [3.05, 3.63) is 64.7 Å². The van der Waals surface area contributed by atoms with Crippen LogP contribution in [0, 0.1) is 0 Å². The van der Waals surface area contributed by atoms with Crippen LogP contribution in [0.2, 0.25) is 5.02 Å². The number of halogens is 1. The van der Waals surface area contributed by atoms with Crippen molar-refractivity contribution < 1.29 is 19.1 Å². The van der Waals surface area contributed by atoms with Gasteiger partial charge in [0.2, 0.25) is 5.91 Å². The number of rotatable bonds is 7. The maximum absolute atomic E-state index is 12.5. The molecule has 0 atom stereocenters. The zero-order valence-electron chi connectivity index (χ0n) is 17.0. The first-order valence-electron chi connectivity index (χ1n) is 9.98. The van der Waals surface area contributed by atoms with E-state index in [2.05, 4.69) is 0 Å². The molecule has 2 amide bonds. The lowest BCUT2D eigenvalue weighted by Gasteiger charge is -2.35. The van der Waals surface area contributed by atoms with E-state index >= 15 is 0 Å². The Morgan fingerprint density at radius 3 is 2.00 bits per heavy atom. The molecule has 0 radical (unpaired) electrons. The highest BCUT2D eigenvalue weighted by Crippen LogP contribution is 2.16. The monoisotopic (exact) mass is 428 g/mol. The molecule has 30 heavy (non-hydrogen) atoms. The average molecular weight is 429 g/mol. The van der Waals surface area contributed by atoms with Crippen LogP contribution in [0.1, 0.15) is 40.0 Å². The molecule has 158 valence electrons. The van der Waals surface area contributed by atoms with Crippen molar-refractivity contribution in [2.75, 3.05) is 33.3 Å². The van der Waals surface area contributed by atoms with Crippen LogP contribution in [0.4, 0.5) is 0 Å². The van der Waals surface area contributed by atoms with Gasteiger partial charge in [-0.25, -0.2) is 0 Å². The Kier molecular flexibility index (Phi) is 7.46. The summed E-state index contributed by atoms with van der Waals surface area (Å²) in [7, 11) is 1.58. The molecule has 0 saturated carbocycles. The van der Waals surface area contributed by atoms with Crippen LogP contribution in [0.5, 0.6) is 5.75 Å². The highest BCUT2D eigenvalue weighted by atomic mass is 35.5. The standard InChI is InChI=1S/C23H25ClN2O4/c1-30-20-11-7-17(8-12-20)21(27)3-2-4-22(28)25-13-15-26(16-14-25)23(29)18-5-9-19(24)10-6-18/h5-12H,2-4,13-16H2,1H3. The van der Waals surface area contributed by atoms with Gasteiger partial charge >= 0.3 is 0 Å². The molecule has 2 aromatic rings. The van der Waals surface area contributed by atoms with E-state index in [1.807, 2.05) is 0 Å². The van der Waals surface area contributed by atoms with Crippen molar-refractivity contribution in [3.8, 4) is 5.75 Å². The number of Topliss-reactive ketones (excluding diaryl/α,β-unsaturated/α-hetero) is 1. The number of amides is 2. The van der Waals surface area contributed by atoms with Crippen molar-refractivity contribution in [3.63, 3.8) is 0 Å². The van der Waals surface area contributed by atoms with Gasteiger partial charge in [-0.1, -0.05) is 11.6 Å². The highest BCUT2D eigenvalue weighted by Gasteiger charge is 2.24. The summed E-state index contributed by atoms with van der Waals surface area (Å²) in [5.74, 6) is 0.694. The summed E-state index contributed by atoms with van der Waals surface area (Å²) in [6.07, 6.45) is 1.16. The van der Waals surface area contributed by atoms with E-state index in [-0.39, 0.29) is 17.6 Å². The van der Waals surface area contributed by atoms with Crippen LogP contribution in [-0.2, 0) is 4.79 Å². The number of carbonyl (C=O) groups excluding carboxylic acids is 3. The molecule has 1 saturated heterocycles. The summed E-state index contributed by atoms with van der Waals surface area (Å²) in [4.78, 5) is 40.8. The van der Waals surface area contributed by atoms with Gasteiger partial charge in [-0.2, -0.15) is 0 Å². The maximum Gasteiger partial charge on any atom is 0.253 e. The molecule has 1 aliphatic heterocycles. The van der Waals surface area contributed by atoms with Crippen molar-refractivity contribution in [2.45, 2.75) is 19.3 Å². The number of nitrogens with zero attached hydrogens (tertiary/aromatic N) is 2. The third-order valence-electron chi connectivity index (χ3n) is 5.22. The molecule has 1 heterocycles. The van der Waals surface area contributed by atoms with Crippen LogP contribution in [-0.4, -0.2) is 60.7 Å². The van der Waals surface area contributed by atoms with Gasteiger partial charge in [0.15, 0.2) is 5.78 Å². The Balaban J connectivity index is 1.41. The van der Waals surface area contributed by atoms with Crippen molar-refractivity contribution in [2.24, 2.45) is 0 Å². The second-order valence-corrected chi connectivity index (χ2v) is 7.62. The first kappa shape index (κ1) is 21.8. The van der Waals surface area contributed by atoms with Gasteiger partial charge in [-0.05, 0) is 55.0 Å². The number of ether oxygens (including phenoxy) is 1. The lowest BCUT2D eigenvalue weighted by Crippen LogP contribution is -2.50. The zero-order valence-corrected chi connectivity index (χ0v) is 17.7. The Bertz CT molecular complexity index is 888. The molecule has 0 bridgehead atoms. The summed E-state index contributed by atoms with van der Waals surface area (Å²) in [6.45, 7) is 2.01. The first-order chi connectivity index (χ1) is 14.5. The summed E-state index contributed by atoms with van der Waals surface area (Å²) in [5.41, 5.74) is 1.22. The van der Waals surface area contributed by atoms with Crippen LogP contribution in [0.3, 0.4) is 0 Å². The number of ketones is 1. The second kappa shape index (κ2) is 10.3. The molecule has 2 aromatic carbocycles. The average Bonchev–Trinajstić information content (AvgIpc) is 2.79. The SMILES string of the molecule is COc1ccc(C(=O)CCCC(=O)N2CCN(C(=O)c3ccc(Cl)cc3)CC2)cc1. The Morgan fingerprint density at radius 1 is 0.833 bits per heavy atom. The quantitative estimate of drug-likeness (QED) is 0.631. The largest absolute Gasteiger partial charge is 0.497 e. The summed E-state index contributed by atoms with van der Waals surface area (Å²) >= 11 is 5.87. The fourth-order valence-corrected chi connectivity index (χ4v) is 3.54. The third-order valence-corrected chi connectivity index (χ3v) is 5.47. The Hall–Kier alpha value is -2.86. The van der Waals surface area contributed by atoms with E-state index in [0.717, 1.165) is 0 Å². The van der Waals surface area contributed by atoms with E-state index < -0.39 is 0 Å². The van der Waals surface area contributed by atoms with Crippen LogP contribution < -0.4 is 4.74 Å². The molecular weight excluding hydrogens is 404 g/mol. The van der Waals surface area contributed by atoms with E-state index in [1.165, 1.54) is 0 Å². The van der Waals surface area contributed by atoms with Gasteiger partial charge in [0.1, 0.15) is 5.75 Å². The summed E-state index contributed by atoms with van der Waals surface area (Å²) < 4.78 is 5.09. The van der Waals surface area contributed by atoms with E-state index in [4.69, 9.17) is 16.3 Å². The third kappa shape index (κ3) is 5.60. The fourth-order valence-electron chi connectivity index (χ4n) is 3.41. The smallest absolute Gasteiger partial charge is 0.253 e. The van der Waals surface area contributed by atoms with Crippen molar-refractivity contribution in [1.29, 1.82) is 0 Å². The van der Waals surface area contributed by atoms with Gasteiger partial charge in [0, 0.05) is 55.2 Å². The molecular formula is C23H25ClN2O4. The van der Waals surface area contributed by atoms with E-state index in [1.54, 1.807) is 65.4 Å². The first-order valence-corrected chi connectivity index (χ1v) is 10.4. The fraction of sp³-hybridized carbons (Fsp3) is 0.348. The van der Waals surface area contributed by atoms with Crippen LogP contribution >= 0.6 is 11.6 Å². The maximum atomic E-state index is 12.5. The molecule has 0 spiro atoms. The molecule has 1 fully saturated rings. The van der Waals surface area contributed by atoms with Crippen LogP contribution in [0.15, 0.2) is 48.5 Å². The van der Waals surface area contributed by atoms with Crippen LogP contribution in [0.25, 0.3) is 0 Å². The minimum absolute atomic E-state index is 0.0174. The predicted octanol–water partition coefficient (Wildman–Crippen LogP) is 3.69. The van der Waals surface area contributed by atoms with Crippen molar-refractivity contribution >= 4 is 29.2 Å². The number of hydrogen-bond donors (Lipinski definition) is 0. The minimum atomic E-state index is -0.0520.